The van der Waals surface area contributed by atoms with Gasteiger partial charge in [-0.15, -0.1) is 0 Å². The Labute approximate surface area is 38.7 Å². The second-order valence-corrected chi connectivity index (χ2v) is 0.247. The molecular weight excluding hydrogens is 94.8 g/mol. The first-order valence-electron chi connectivity index (χ1n) is 0.655. The van der Waals surface area contributed by atoms with Crippen LogP contribution in [0.15, 0.2) is 0 Å². The van der Waals surface area contributed by atoms with Crippen molar-refractivity contribution in [1.82, 2.24) is 0 Å². The molecule has 5 heavy (non-hydrogen) atoms. The molecule has 5 heteroatoms. The van der Waals surface area contributed by atoms with E-state index in [-0.39, 0.29) is 17.4 Å². The molecule has 0 bridgehead atoms. The fourth-order valence-electron chi connectivity index (χ4n) is 0. The van der Waals surface area contributed by atoms with Gasteiger partial charge in [0.25, 0.3) is 0 Å². The van der Waals surface area contributed by atoms with Gasteiger partial charge in [-0.1, -0.05) is 0 Å². The van der Waals surface area contributed by atoms with Crippen LogP contribution in [0.2, 0.25) is 0 Å². The Morgan fingerprint density at radius 1 is 1.00 bits per heavy atom. The summed E-state index contributed by atoms with van der Waals surface area (Å²) in [5.74, 6) is 0. The van der Waals surface area contributed by atoms with E-state index < -0.39 is 7.54 Å². The summed E-state index contributed by atoms with van der Waals surface area (Å²) in [6, 6.07) is 0. The summed E-state index contributed by atoms with van der Waals surface area (Å²) < 4.78 is 29.0. The summed E-state index contributed by atoms with van der Waals surface area (Å²) >= 11 is 0. The van der Waals surface area contributed by atoms with E-state index in [1.807, 2.05) is 0 Å². The minimum Gasteiger partial charge on any atom is -0.254 e. The first-order valence-corrected chi connectivity index (χ1v) is 0.655. The number of hydrogen-bond donors (Lipinski definition) is 0. The van der Waals surface area contributed by atoms with Gasteiger partial charge in [0.05, 0.1) is 0 Å². The van der Waals surface area contributed by atoms with E-state index in [2.05, 4.69) is 0 Å². The molecule has 0 amide bonds. The molecule has 0 aliphatic heterocycles. The van der Waals surface area contributed by atoms with Crippen molar-refractivity contribution in [3.63, 3.8) is 0 Å². The molecule has 3 radical (unpaired) electrons. The topological polar surface area (TPSA) is 0 Å². The van der Waals surface area contributed by atoms with Crippen molar-refractivity contribution in [3.05, 3.63) is 0 Å². The van der Waals surface area contributed by atoms with Crippen LogP contribution < -0.4 is 0 Å². The summed E-state index contributed by atoms with van der Waals surface area (Å²) in [5, 5.41) is 0. The van der Waals surface area contributed by atoms with E-state index in [0.717, 1.165) is 0 Å². The van der Waals surface area contributed by atoms with E-state index in [0.29, 0.717) is 0 Å². The van der Waals surface area contributed by atoms with Crippen LogP contribution in [0, 0.1) is 0 Å². The van der Waals surface area contributed by atoms with Gasteiger partial charge >= 0.3 is 7.54 Å². The van der Waals surface area contributed by atoms with Gasteiger partial charge in [0.15, 0.2) is 0 Å². The smallest absolute Gasteiger partial charge is 0.254 e. The average Bonchev–Trinajstić information content (AvgIpc) is 0.811. The van der Waals surface area contributed by atoms with Gasteiger partial charge in [0, 0.05) is 17.4 Å². The molecule has 0 saturated carbocycles. The zero-order valence-electron chi connectivity index (χ0n) is 2.29. The molecule has 0 unspecified atom stereocenters. The molecule has 0 N–H and O–H groups in total. The zero-order valence-corrected chi connectivity index (χ0v) is 3.44. The van der Waals surface area contributed by atoms with Crippen LogP contribution in [-0.2, 0) is 0 Å². The van der Waals surface area contributed by atoms with Crippen molar-refractivity contribution in [3.8, 4) is 0 Å². The second kappa shape index (κ2) is 4.39. The van der Waals surface area contributed by atoms with Gasteiger partial charge in [-0.25, -0.2) is 0 Å². The Bertz CT molecular complexity index is 11.6. The maximum atomic E-state index is 9.67. The van der Waals surface area contributed by atoms with Crippen LogP contribution in [-0.4, -0.2) is 24.9 Å². The number of rotatable bonds is 0. The van der Waals surface area contributed by atoms with Gasteiger partial charge in [-0.2, -0.15) is 0 Å². The predicted molar refractivity (Wildman–Crippen MR) is 14.8 cm³/mol. The molecule has 0 aromatic rings. The zero-order chi connectivity index (χ0) is 3.58. The third kappa shape index (κ3) is 167. The number of halogens is 3. The Kier molecular flexibility index (Phi) is 7.93. The fourth-order valence-corrected chi connectivity index (χ4v) is 0. The molecule has 0 atom stereocenters. The van der Waals surface area contributed by atoms with Crippen molar-refractivity contribution in [1.29, 1.82) is 0 Å². The maximum absolute atomic E-state index is 9.67. The summed E-state index contributed by atoms with van der Waals surface area (Å²) in [5.41, 5.74) is 0. The van der Waals surface area contributed by atoms with Crippen LogP contribution in [0.25, 0.3) is 0 Å². The molecule has 0 nitrogen and oxygen atoms in total. The second-order valence-electron chi connectivity index (χ2n) is 0.247. The van der Waals surface area contributed by atoms with Crippen molar-refractivity contribution in [2.75, 3.05) is 0 Å². The van der Waals surface area contributed by atoms with E-state index >= 15 is 0 Å². The van der Waals surface area contributed by atoms with Crippen molar-refractivity contribution in [2.45, 2.75) is 0 Å². The van der Waals surface area contributed by atoms with Crippen LogP contribution in [0.4, 0.5) is 12.9 Å². The lowest BCUT2D eigenvalue weighted by Gasteiger charge is -1.55. The lowest BCUT2D eigenvalue weighted by atomic mass is 10.5. The molecule has 0 heterocycles. The van der Waals surface area contributed by atoms with Gasteiger partial charge in [-0.3, -0.25) is 12.9 Å². The fraction of sp³-hybridized carbons (Fsp3) is 0. The molecule has 0 spiro atoms. The summed E-state index contributed by atoms with van der Waals surface area (Å²) in [6.07, 6.45) is 0. The van der Waals surface area contributed by atoms with Gasteiger partial charge < -0.3 is 0 Å². The summed E-state index contributed by atoms with van der Waals surface area (Å²) in [7, 11) is -3.67. The third-order valence-electron chi connectivity index (χ3n) is 0. The van der Waals surface area contributed by atoms with Crippen molar-refractivity contribution >= 4 is 24.9 Å². The van der Waals surface area contributed by atoms with Crippen molar-refractivity contribution < 1.29 is 12.9 Å². The standard InChI is InChI=1S/Al.BF3/c;2-1(3)4. The molecule has 0 saturated heterocycles. The molecular formula is AlBF3. The van der Waals surface area contributed by atoms with Crippen LogP contribution >= 0.6 is 0 Å². The maximum Gasteiger partial charge on any atom is 0.762 e. The normalized spacial score (nSPS) is 5.40. The monoisotopic (exact) mass is 95.0 g/mol. The Morgan fingerprint density at radius 2 is 1.00 bits per heavy atom. The lowest BCUT2D eigenvalue weighted by molar-refractivity contribution is 0.535. The minimum atomic E-state index is -3.67. The molecule has 27 valence electrons. The lowest BCUT2D eigenvalue weighted by Crippen LogP contribution is -1.76. The van der Waals surface area contributed by atoms with E-state index in [4.69, 9.17) is 0 Å². The van der Waals surface area contributed by atoms with Gasteiger partial charge in [0.2, 0.25) is 0 Å². The number of hydrogen-bond acceptors (Lipinski definition) is 0. The van der Waals surface area contributed by atoms with Crippen LogP contribution in [0.1, 0.15) is 0 Å². The molecule has 0 aromatic carbocycles. The van der Waals surface area contributed by atoms with Crippen LogP contribution in [0.3, 0.4) is 0 Å². The molecule has 0 fully saturated rings. The Balaban J connectivity index is 0. The molecule has 0 aliphatic carbocycles. The highest BCUT2D eigenvalue weighted by atomic mass is 27.0. The highest BCUT2D eigenvalue weighted by molar-refractivity contribution is 6.33. The van der Waals surface area contributed by atoms with Crippen molar-refractivity contribution in [2.24, 2.45) is 0 Å². The Hall–Kier alpha value is 0.387. The van der Waals surface area contributed by atoms with Gasteiger partial charge in [0.1, 0.15) is 0 Å². The SMILES string of the molecule is FB(F)F.[Al]. The quantitative estimate of drug-likeness (QED) is 0.384. The average molecular weight is 94.8 g/mol. The van der Waals surface area contributed by atoms with E-state index in [1.54, 1.807) is 0 Å². The molecule has 0 aliphatic rings. The first-order chi connectivity index (χ1) is 1.73. The molecule has 0 rings (SSSR count). The van der Waals surface area contributed by atoms with Crippen LogP contribution in [0.5, 0.6) is 0 Å². The third-order valence-corrected chi connectivity index (χ3v) is 0. The Morgan fingerprint density at radius 3 is 1.00 bits per heavy atom. The predicted octanol–water partition coefficient (Wildman–Crippen LogP) is 0.499. The minimum absolute atomic E-state index is 0. The van der Waals surface area contributed by atoms with E-state index in [1.165, 1.54) is 0 Å². The summed E-state index contributed by atoms with van der Waals surface area (Å²) in [4.78, 5) is 0. The summed E-state index contributed by atoms with van der Waals surface area (Å²) in [6.45, 7) is 0. The highest BCUT2D eigenvalue weighted by Gasteiger charge is 2.06. The van der Waals surface area contributed by atoms with Gasteiger partial charge in [-0.05, 0) is 0 Å². The highest BCUT2D eigenvalue weighted by Crippen LogP contribution is 1.80. The van der Waals surface area contributed by atoms with E-state index in [9.17, 15) is 12.9 Å². The largest absolute Gasteiger partial charge is 0.762 e. The molecule has 0 aromatic heterocycles. The first kappa shape index (κ1) is 9.04.